The summed E-state index contributed by atoms with van der Waals surface area (Å²) < 4.78 is 33.0. The first-order valence-corrected chi connectivity index (χ1v) is 11.7. The molecule has 4 rings (SSSR count). The molecule has 0 aliphatic heterocycles. The van der Waals surface area contributed by atoms with E-state index in [0.29, 0.717) is 17.1 Å². The lowest BCUT2D eigenvalue weighted by Crippen LogP contribution is -2.16. The van der Waals surface area contributed by atoms with Crippen LogP contribution in [0.3, 0.4) is 0 Å². The summed E-state index contributed by atoms with van der Waals surface area (Å²) in [6.45, 7) is 1.91. The van der Waals surface area contributed by atoms with Crippen LogP contribution in [-0.4, -0.2) is 20.2 Å². The first kappa shape index (κ1) is 22.8. The van der Waals surface area contributed by atoms with Gasteiger partial charge in [0, 0.05) is 22.6 Å². The van der Waals surface area contributed by atoms with E-state index >= 15 is 0 Å². The van der Waals surface area contributed by atoms with Crippen LogP contribution in [0.15, 0.2) is 101 Å². The van der Waals surface area contributed by atoms with Crippen molar-refractivity contribution in [3.8, 4) is 0 Å². The second kappa shape index (κ2) is 9.63. The number of hydrogen-bond donors (Lipinski definition) is 3. The molecule has 3 N–H and O–H groups in total. The average Bonchev–Trinajstić information content (AvgIpc) is 3.37. The van der Waals surface area contributed by atoms with Crippen LogP contribution in [0.5, 0.6) is 0 Å². The number of furan rings is 1. The zero-order chi connectivity index (χ0) is 24.1. The number of aryl methyl sites for hydroxylation is 1. The van der Waals surface area contributed by atoms with Crippen LogP contribution in [0.2, 0.25) is 0 Å². The zero-order valence-electron chi connectivity index (χ0n) is 18.1. The number of carbonyl (C=O) groups is 2. The largest absolute Gasteiger partial charge is 0.459 e. The maximum Gasteiger partial charge on any atom is 0.291 e. The fourth-order valence-electron chi connectivity index (χ4n) is 3.08. The van der Waals surface area contributed by atoms with Gasteiger partial charge in [-0.1, -0.05) is 23.8 Å². The highest BCUT2D eigenvalue weighted by atomic mass is 32.2. The number of sulfonamides is 1. The summed E-state index contributed by atoms with van der Waals surface area (Å²) in [6.07, 6.45) is 1.41. The van der Waals surface area contributed by atoms with Crippen LogP contribution < -0.4 is 15.4 Å². The Kier molecular flexibility index (Phi) is 6.46. The second-order valence-electron chi connectivity index (χ2n) is 7.46. The van der Waals surface area contributed by atoms with Crippen molar-refractivity contribution in [1.29, 1.82) is 0 Å². The normalized spacial score (nSPS) is 11.0. The van der Waals surface area contributed by atoms with Crippen LogP contribution in [-0.2, 0) is 10.0 Å². The highest BCUT2D eigenvalue weighted by molar-refractivity contribution is 7.92. The summed E-state index contributed by atoms with van der Waals surface area (Å²) in [5, 5.41) is 5.40. The molecule has 0 aliphatic rings. The molecule has 0 spiro atoms. The molecule has 1 aromatic heterocycles. The molecule has 0 unspecified atom stereocenters. The summed E-state index contributed by atoms with van der Waals surface area (Å²) in [7, 11) is -3.87. The number of carbonyl (C=O) groups excluding carboxylic acids is 2. The molecule has 34 heavy (non-hydrogen) atoms. The van der Waals surface area contributed by atoms with Gasteiger partial charge in [-0.05, 0) is 73.7 Å². The summed E-state index contributed by atoms with van der Waals surface area (Å²) in [6, 6.07) is 22.4. The monoisotopic (exact) mass is 475 g/mol. The zero-order valence-corrected chi connectivity index (χ0v) is 18.9. The summed E-state index contributed by atoms with van der Waals surface area (Å²) in [5.41, 5.74) is 2.62. The Balaban J connectivity index is 1.43. The third-order valence-electron chi connectivity index (χ3n) is 4.86. The van der Waals surface area contributed by atoms with Gasteiger partial charge in [0.05, 0.1) is 11.2 Å². The molecule has 3 aromatic carbocycles. The van der Waals surface area contributed by atoms with Crippen molar-refractivity contribution in [2.75, 3.05) is 15.4 Å². The van der Waals surface area contributed by atoms with Gasteiger partial charge in [-0.2, -0.15) is 0 Å². The standard InChI is InChI=1S/C25H21N3O5S/c1-17-7-9-21(10-8-17)28-34(31,32)22-5-2-4-18(16-22)24(29)26-19-11-13-20(14-12-19)27-25(30)23-6-3-15-33-23/h2-16,28H,1H3,(H,26,29)(H,27,30). The third-order valence-corrected chi connectivity index (χ3v) is 6.23. The SMILES string of the molecule is Cc1ccc(NS(=O)(=O)c2cccc(C(=O)Nc3ccc(NC(=O)c4ccco4)cc3)c2)cc1. The lowest BCUT2D eigenvalue weighted by Gasteiger charge is -2.10. The Morgan fingerprint density at radius 2 is 1.35 bits per heavy atom. The van der Waals surface area contributed by atoms with Gasteiger partial charge in [-0.25, -0.2) is 8.42 Å². The van der Waals surface area contributed by atoms with E-state index in [2.05, 4.69) is 15.4 Å². The molecule has 0 fully saturated rings. The molecule has 4 aromatic rings. The van der Waals surface area contributed by atoms with Gasteiger partial charge in [0.15, 0.2) is 5.76 Å². The van der Waals surface area contributed by atoms with Crippen LogP contribution in [0.4, 0.5) is 17.1 Å². The van der Waals surface area contributed by atoms with Crippen LogP contribution in [0.25, 0.3) is 0 Å². The van der Waals surface area contributed by atoms with Gasteiger partial charge in [0.25, 0.3) is 21.8 Å². The maximum atomic E-state index is 12.7. The minimum Gasteiger partial charge on any atom is -0.459 e. The smallest absolute Gasteiger partial charge is 0.291 e. The molecule has 9 heteroatoms. The van der Waals surface area contributed by atoms with E-state index < -0.39 is 15.9 Å². The molecule has 2 amide bonds. The number of anilines is 3. The molecule has 0 saturated carbocycles. The highest BCUT2D eigenvalue weighted by Gasteiger charge is 2.17. The van der Waals surface area contributed by atoms with Crippen molar-refractivity contribution in [1.82, 2.24) is 0 Å². The van der Waals surface area contributed by atoms with Crippen LogP contribution in [0, 0.1) is 6.92 Å². The van der Waals surface area contributed by atoms with Crippen molar-refractivity contribution in [3.63, 3.8) is 0 Å². The van der Waals surface area contributed by atoms with Crippen LogP contribution in [0.1, 0.15) is 26.5 Å². The van der Waals surface area contributed by atoms with Gasteiger partial charge in [-0.3, -0.25) is 14.3 Å². The highest BCUT2D eigenvalue weighted by Crippen LogP contribution is 2.20. The Hall–Kier alpha value is -4.37. The first-order chi connectivity index (χ1) is 16.3. The predicted molar refractivity (Wildman–Crippen MR) is 129 cm³/mol. The van der Waals surface area contributed by atoms with E-state index in [9.17, 15) is 18.0 Å². The molecule has 172 valence electrons. The van der Waals surface area contributed by atoms with E-state index in [1.165, 1.54) is 30.5 Å². The predicted octanol–water partition coefficient (Wildman–Crippen LogP) is 4.89. The average molecular weight is 476 g/mol. The van der Waals surface area contributed by atoms with Crippen molar-refractivity contribution in [2.45, 2.75) is 11.8 Å². The lowest BCUT2D eigenvalue weighted by molar-refractivity contribution is 0.0994. The molecular formula is C25H21N3O5S. The molecule has 0 radical (unpaired) electrons. The van der Waals surface area contributed by atoms with Gasteiger partial charge in [0.2, 0.25) is 0 Å². The van der Waals surface area contributed by atoms with Gasteiger partial charge < -0.3 is 15.1 Å². The molecule has 8 nitrogen and oxygen atoms in total. The molecular weight excluding hydrogens is 454 g/mol. The number of benzene rings is 3. The maximum absolute atomic E-state index is 12.7. The minimum absolute atomic E-state index is 0.0308. The van der Waals surface area contributed by atoms with Gasteiger partial charge in [0.1, 0.15) is 0 Å². The summed E-state index contributed by atoms with van der Waals surface area (Å²) in [5.74, 6) is -0.678. The summed E-state index contributed by atoms with van der Waals surface area (Å²) >= 11 is 0. The van der Waals surface area contributed by atoms with Gasteiger partial charge in [-0.15, -0.1) is 0 Å². The molecule has 0 saturated heterocycles. The Morgan fingerprint density at radius 1 is 0.735 bits per heavy atom. The van der Waals surface area contributed by atoms with Crippen molar-refractivity contribution in [3.05, 3.63) is 108 Å². The van der Waals surface area contributed by atoms with Crippen LogP contribution >= 0.6 is 0 Å². The topological polar surface area (TPSA) is 118 Å². The fraction of sp³-hybridized carbons (Fsp3) is 0.0400. The lowest BCUT2D eigenvalue weighted by atomic mass is 10.2. The van der Waals surface area contributed by atoms with E-state index in [1.807, 2.05) is 6.92 Å². The van der Waals surface area contributed by atoms with E-state index in [0.717, 1.165) is 5.56 Å². The van der Waals surface area contributed by atoms with Crippen molar-refractivity contribution >= 4 is 38.9 Å². The molecule has 0 bridgehead atoms. The number of hydrogen-bond acceptors (Lipinski definition) is 5. The quantitative estimate of drug-likeness (QED) is 0.352. The Morgan fingerprint density at radius 3 is 1.97 bits per heavy atom. The molecule has 1 heterocycles. The second-order valence-corrected chi connectivity index (χ2v) is 9.14. The van der Waals surface area contributed by atoms with E-state index in [1.54, 1.807) is 60.7 Å². The minimum atomic E-state index is -3.87. The van der Waals surface area contributed by atoms with E-state index in [4.69, 9.17) is 4.42 Å². The fourth-order valence-corrected chi connectivity index (χ4v) is 4.18. The number of amides is 2. The Labute approximate surface area is 196 Å². The summed E-state index contributed by atoms with van der Waals surface area (Å²) in [4.78, 5) is 24.7. The molecule has 0 aliphatic carbocycles. The number of rotatable bonds is 7. The van der Waals surface area contributed by atoms with Crippen molar-refractivity contribution < 1.29 is 22.4 Å². The third kappa shape index (κ3) is 5.51. The Bertz CT molecular complexity index is 1410. The van der Waals surface area contributed by atoms with Crippen molar-refractivity contribution in [2.24, 2.45) is 0 Å². The number of nitrogens with one attached hydrogen (secondary N) is 3. The van der Waals surface area contributed by atoms with E-state index in [-0.39, 0.29) is 22.1 Å². The first-order valence-electron chi connectivity index (χ1n) is 10.3. The molecule has 0 atom stereocenters. The van der Waals surface area contributed by atoms with Gasteiger partial charge >= 0.3 is 0 Å².